The molecule has 3 rings (SSSR count). The molecule has 1 unspecified atom stereocenters. The molecule has 1 aromatic carbocycles. The number of halogens is 6. The first kappa shape index (κ1) is 21.0. The molecule has 12 heteroatoms. The Balaban J connectivity index is 1.67. The van der Waals surface area contributed by atoms with Gasteiger partial charge in [-0.3, -0.25) is 4.79 Å². The van der Waals surface area contributed by atoms with E-state index in [1.165, 1.54) is 4.90 Å². The fourth-order valence-corrected chi connectivity index (χ4v) is 3.25. The van der Waals surface area contributed by atoms with E-state index in [9.17, 15) is 31.1 Å². The minimum absolute atomic E-state index is 0.0169. The molecule has 0 bridgehead atoms. The van der Waals surface area contributed by atoms with Gasteiger partial charge in [-0.25, -0.2) is 18.2 Å². The van der Waals surface area contributed by atoms with Gasteiger partial charge in [-0.1, -0.05) is 0 Å². The smallest absolute Gasteiger partial charge is 0.382 e. The molecule has 0 spiro atoms. The number of rotatable bonds is 4. The van der Waals surface area contributed by atoms with E-state index >= 15 is 0 Å². The van der Waals surface area contributed by atoms with Gasteiger partial charge in [0.15, 0.2) is 11.6 Å². The van der Waals surface area contributed by atoms with Crippen molar-refractivity contribution in [2.24, 2.45) is 5.73 Å². The Hall–Kier alpha value is -2.76. The number of nitrogen functional groups attached to an aromatic ring is 1. The zero-order valence-electron chi connectivity index (χ0n) is 14.9. The molecule has 0 radical (unpaired) electrons. The van der Waals surface area contributed by atoms with Crippen LogP contribution in [-0.4, -0.2) is 32.9 Å². The Morgan fingerprint density at radius 3 is 2.45 bits per heavy atom. The molecule has 4 N–H and O–H groups in total. The molecule has 1 aliphatic heterocycles. The van der Waals surface area contributed by atoms with Gasteiger partial charge in [-0.05, 0) is 18.1 Å². The van der Waals surface area contributed by atoms with Crippen LogP contribution in [0.25, 0.3) is 0 Å². The Kier molecular flexibility index (Phi) is 5.48. The van der Waals surface area contributed by atoms with Crippen molar-refractivity contribution < 1.29 is 31.1 Å². The summed E-state index contributed by atoms with van der Waals surface area (Å²) >= 11 is 0. The minimum Gasteiger partial charge on any atom is -0.382 e. The topological polar surface area (TPSA) is 90.2 Å². The highest BCUT2D eigenvalue weighted by atomic mass is 19.4. The Bertz CT molecular complexity index is 941. The third-order valence-corrected chi connectivity index (χ3v) is 4.65. The van der Waals surface area contributed by atoms with Gasteiger partial charge in [0.05, 0.1) is 12.2 Å². The first-order valence-electron chi connectivity index (χ1n) is 8.56. The molecule has 29 heavy (non-hydrogen) atoms. The fraction of sp³-hybridized carbons (Fsp3) is 0.412. The summed E-state index contributed by atoms with van der Waals surface area (Å²) in [4.78, 5) is 17.1. The van der Waals surface area contributed by atoms with E-state index in [1.54, 1.807) is 0 Å². The highest BCUT2D eigenvalue weighted by molar-refractivity contribution is 5.77. The van der Waals surface area contributed by atoms with Gasteiger partial charge < -0.3 is 20.9 Å². The minimum atomic E-state index is -4.67. The number of amides is 1. The van der Waals surface area contributed by atoms with Crippen LogP contribution in [0, 0.1) is 17.5 Å². The van der Waals surface area contributed by atoms with Crippen LogP contribution in [0.2, 0.25) is 0 Å². The average molecular weight is 421 g/mol. The predicted octanol–water partition coefficient (Wildman–Crippen LogP) is 2.20. The molecular formula is C17H17F6N5O. The predicted molar refractivity (Wildman–Crippen MR) is 89.7 cm³/mol. The molecule has 1 atom stereocenters. The van der Waals surface area contributed by atoms with Crippen LogP contribution in [0.5, 0.6) is 0 Å². The summed E-state index contributed by atoms with van der Waals surface area (Å²) in [5.74, 6) is -5.48. The van der Waals surface area contributed by atoms with Crippen molar-refractivity contribution in [3.05, 3.63) is 46.7 Å². The van der Waals surface area contributed by atoms with Gasteiger partial charge in [0.1, 0.15) is 11.6 Å². The second kappa shape index (κ2) is 7.58. The van der Waals surface area contributed by atoms with Crippen molar-refractivity contribution >= 4 is 11.7 Å². The van der Waals surface area contributed by atoms with Gasteiger partial charge in [0, 0.05) is 31.6 Å². The van der Waals surface area contributed by atoms with Crippen LogP contribution in [0.3, 0.4) is 0 Å². The van der Waals surface area contributed by atoms with Gasteiger partial charge in [-0.2, -0.15) is 13.2 Å². The van der Waals surface area contributed by atoms with E-state index in [1.807, 2.05) is 0 Å². The van der Waals surface area contributed by atoms with E-state index in [-0.39, 0.29) is 49.6 Å². The van der Waals surface area contributed by atoms with Crippen molar-refractivity contribution in [2.75, 3.05) is 12.3 Å². The van der Waals surface area contributed by atoms with Crippen LogP contribution < -0.4 is 11.5 Å². The molecule has 1 aromatic heterocycles. The van der Waals surface area contributed by atoms with Gasteiger partial charge in [0.25, 0.3) is 0 Å². The van der Waals surface area contributed by atoms with Crippen LogP contribution in [0.4, 0.5) is 32.2 Å². The highest BCUT2D eigenvalue weighted by Gasteiger charge is 2.40. The Labute approximate surface area is 161 Å². The first-order chi connectivity index (χ1) is 13.5. The summed E-state index contributed by atoms with van der Waals surface area (Å²) in [6.07, 6.45) is -5.16. The van der Waals surface area contributed by atoms with E-state index < -0.39 is 41.4 Å². The van der Waals surface area contributed by atoms with E-state index in [0.29, 0.717) is 12.1 Å². The van der Waals surface area contributed by atoms with E-state index in [4.69, 9.17) is 11.5 Å². The third kappa shape index (κ3) is 4.31. The van der Waals surface area contributed by atoms with Gasteiger partial charge >= 0.3 is 6.18 Å². The molecule has 6 nitrogen and oxygen atoms in total. The summed E-state index contributed by atoms with van der Waals surface area (Å²) in [6, 6.07) is 0.164. The number of imidazole rings is 1. The van der Waals surface area contributed by atoms with Crippen LogP contribution >= 0.6 is 0 Å². The molecular weight excluding hydrogens is 404 g/mol. The number of fused-ring (bicyclic) bond motifs is 1. The van der Waals surface area contributed by atoms with Crippen molar-refractivity contribution in [3.63, 3.8) is 0 Å². The van der Waals surface area contributed by atoms with E-state index in [2.05, 4.69) is 4.98 Å². The number of benzene rings is 1. The number of aromatic nitrogens is 2. The van der Waals surface area contributed by atoms with Crippen molar-refractivity contribution in [2.45, 2.75) is 38.1 Å². The number of nitrogens with two attached hydrogens (primary N) is 2. The van der Waals surface area contributed by atoms with Crippen molar-refractivity contribution in [3.8, 4) is 0 Å². The molecule has 1 aliphatic rings. The number of hydrogen-bond acceptors (Lipinski definition) is 4. The quantitative estimate of drug-likeness (QED) is 0.585. The number of alkyl halides is 3. The Morgan fingerprint density at radius 2 is 1.79 bits per heavy atom. The average Bonchev–Trinajstić information content (AvgIpc) is 2.96. The number of nitrogens with zero attached hydrogens (tertiary/aromatic N) is 3. The lowest BCUT2D eigenvalue weighted by Crippen LogP contribution is -2.42. The second-order valence-electron chi connectivity index (χ2n) is 6.76. The molecule has 2 heterocycles. The summed E-state index contributed by atoms with van der Waals surface area (Å²) in [7, 11) is 0. The summed E-state index contributed by atoms with van der Waals surface area (Å²) in [5.41, 5.74) is 11.3. The number of anilines is 1. The summed E-state index contributed by atoms with van der Waals surface area (Å²) in [6.45, 7) is -0.343. The maximum Gasteiger partial charge on any atom is 0.449 e. The monoisotopic (exact) mass is 421 g/mol. The first-order valence-corrected chi connectivity index (χ1v) is 8.56. The van der Waals surface area contributed by atoms with Gasteiger partial charge in [0.2, 0.25) is 11.7 Å². The van der Waals surface area contributed by atoms with E-state index in [0.717, 1.165) is 4.57 Å². The third-order valence-electron chi connectivity index (χ3n) is 4.65. The largest absolute Gasteiger partial charge is 0.449 e. The van der Waals surface area contributed by atoms with Crippen LogP contribution in [0.15, 0.2) is 12.1 Å². The molecule has 0 saturated heterocycles. The second-order valence-corrected chi connectivity index (χ2v) is 6.76. The molecule has 2 aromatic rings. The standard InChI is InChI=1S/C17H17F6N5O/c18-10-6-12(20)11(19)4-8(10)3-9(24)5-14(29)27-1-2-28-13(7-27)15(25)26-16(28)17(21,22)23/h4,6,9H,1-3,5,7,24-25H2. The highest BCUT2D eigenvalue weighted by Crippen LogP contribution is 2.33. The molecule has 158 valence electrons. The van der Waals surface area contributed by atoms with Crippen LogP contribution in [0.1, 0.15) is 23.5 Å². The lowest BCUT2D eigenvalue weighted by atomic mass is 10.0. The molecule has 1 amide bonds. The van der Waals surface area contributed by atoms with Crippen LogP contribution in [-0.2, 0) is 30.5 Å². The number of carbonyl (C=O) groups is 1. The maximum absolute atomic E-state index is 13.7. The lowest BCUT2D eigenvalue weighted by Gasteiger charge is -2.30. The Morgan fingerprint density at radius 1 is 1.14 bits per heavy atom. The van der Waals surface area contributed by atoms with Gasteiger partial charge in [-0.15, -0.1) is 0 Å². The molecule has 0 fully saturated rings. The number of hydrogen-bond donors (Lipinski definition) is 2. The summed E-state index contributed by atoms with van der Waals surface area (Å²) < 4.78 is 79.9. The van der Waals surface area contributed by atoms with Crippen molar-refractivity contribution in [1.82, 2.24) is 14.5 Å². The zero-order chi connectivity index (χ0) is 21.5. The SMILES string of the molecule is Nc1nc(C(F)(F)F)n2c1CN(C(=O)CC(N)Cc1cc(F)c(F)cc1F)CC2. The fourth-order valence-electron chi connectivity index (χ4n) is 3.25. The van der Waals surface area contributed by atoms with Crippen molar-refractivity contribution in [1.29, 1.82) is 0 Å². The molecule has 0 aliphatic carbocycles. The molecule has 0 saturated carbocycles. The summed E-state index contributed by atoms with van der Waals surface area (Å²) in [5, 5.41) is 0. The zero-order valence-corrected chi connectivity index (χ0v) is 14.9. The number of carbonyl (C=O) groups excluding carboxylic acids is 1. The maximum atomic E-state index is 13.7. The normalized spacial score (nSPS) is 15.3. The lowest BCUT2D eigenvalue weighted by molar-refractivity contribution is -0.148.